The number of aromatic nitrogens is 2. The van der Waals surface area contributed by atoms with E-state index in [0.717, 1.165) is 37.8 Å². The Kier molecular flexibility index (Phi) is 5.35. The highest BCUT2D eigenvalue weighted by molar-refractivity contribution is 6.16. The molecule has 2 aromatic heterocycles. The lowest BCUT2D eigenvalue weighted by Crippen LogP contribution is -2.36. The van der Waals surface area contributed by atoms with E-state index in [1.54, 1.807) is 6.07 Å². The first kappa shape index (κ1) is 19.8. The van der Waals surface area contributed by atoms with E-state index in [1.165, 1.54) is 19.5 Å². The standard InChI is InChI=1S/C21H20F2N4O3/c1-30-12-8-13-14(10-25-20(13)24-9-12)19(28)17-15(22)6-7-16(18(17)23)27-21(29)26-11-4-2-3-5-11/h6-11H,2-5H2,1H3,(H,24,25)(H2,26,27,29). The zero-order chi connectivity index (χ0) is 21.3. The minimum Gasteiger partial charge on any atom is -0.495 e. The molecule has 4 rings (SSSR count). The molecule has 3 N–H and O–H groups in total. The molecule has 0 bridgehead atoms. The molecule has 0 aliphatic heterocycles. The topological polar surface area (TPSA) is 96.1 Å². The van der Waals surface area contributed by atoms with Crippen LogP contribution in [0.25, 0.3) is 11.0 Å². The van der Waals surface area contributed by atoms with Gasteiger partial charge in [-0.2, -0.15) is 0 Å². The van der Waals surface area contributed by atoms with Crippen LogP contribution in [-0.2, 0) is 0 Å². The Morgan fingerprint density at radius 1 is 1.23 bits per heavy atom. The van der Waals surface area contributed by atoms with Crippen molar-refractivity contribution in [1.82, 2.24) is 15.3 Å². The van der Waals surface area contributed by atoms with Crippen molar-refractivity contribution in [1.29, 1.82) is 0 Å². The maximum absolute atomic E-state index is 15.0. The number of rotatable bonds is 5. The average Bonchev–Trinajstić information content (AvgIpc) is 3.39. The van der Waals surface area contributed by atoms with Gasteiger partial charge in [0.25, 0.3) is 0 Å². The molecule has 2 heterocycles. The number of fused-ring (bicyclic) bond motifs is 1. The zero-order valence-electron chi connectivity index (χ0n) is 16.2. The largest absolute Gasteiger partial charge is 0.495 e. The Balaban J connectivity index is 1.64. The number of benzene rings is 1. The van der Waals surface area contributed by atoms with Gasteiger partial charge in [-0.15, -0.1) is 0 Å². The van der Waals surface area contributed by atoms with Crippen LogP contribution in [0, 0.1) is 11.6 Å². The molecular weight excluding hydrogens is 394 g/mol. The van der Waals surface area contributed by atoms with Gasteiger partial charge in [0.2, 0.25) is 5.78 Å². The number of anilines is 1. The first-order valence-corrected chi connectivity index (χ1v) is 9.59. The number of amides is 2. The smallest absolute Gasteiger partial charge is 0.319 e. The van der Waals surface area contributed by atoms with E-state index < -0.39 is 29.0 Å². The molecule has 0 radical (unpaired) electrons. The number of H-pyrrole nitrogens is 1. The summed E-state index contributed by atoms with van der Waals surface area (Å²) in [5.74, 6) is -2.63. The van der Waals surface area contributed by atoms with Gasteiger partial charge in [0.1, 0.15) is 17.2 Å². The quantitative estimate of drug-likeness (QED) is 0.547. The van der Waals surface area contributed by atoms with Crippen molar-refractivity contribution in [3.05, 3.63) is 53.4 Å². The van der Waals surface area contributed by atoms with Crippen molar-refractivity contribution in [2.24, 2.45) is 0 Å². The molecule has 0 saturated heterocycles. The van der Waals surface area contributed by atoms with Gasteiger partial charge in [0.05, 0.1) is 24.6 Å². The zero-order valence-corrected chi connectivity index (χ0v) is 16.2. The van der Waals surface area contributed by atoms with E-state index in [2.05, 4.69) is 20.6 Å². The van der Waals surface area contributed by atoms with E-state index in [-0.39, 0.29) is 17.3 Å². The predicted molar refractivity (Wildman–Crippen MR) is 107 cm³/mol. The number of halogens is 2. The Hall–Kier alpha value is -3.49. The summed E-state index contributed by atoms with van der Waals surface area (Å²) in [7, 11) is 1.45. The average molecular weight is 414 g/mol. The summed E-state index contributed by atoms with van der Waals surface area (Å²) in [4.78, 5) is 32.1. The molecule has 2 amide bonds. The number of hydrogen-bond donors (Lipinski definition) is 3. The number of ketones is 1. The Bertz CT molecular complexity index is 1120. The SMILES string of the molecule is COc1cnc2[nH]cc(C(=O)c3c(F)ccc(NC(=O)NC4CCCC4)c3F)c2c1. The molecule has 0 atom stereocenters. The molecule has 156 valence electrons. The van der Waals surface area contributed by atoms with Crippen molar-refractivity contribution >= 4 is 28.5 Å². The third kappa shape index (κ3) is 3.70. The molecule has 0 spiro atoms. The Labute approximate surface area is 170 Å². The van der Waals surface area contributed by atoms with E-state index >= 15 is 4.39 Å². The van der Waals surface area contributed by atoms with Crippen LogP contribution in [0.2, 0.25) is 0 Å². The molecule has 1 fully saturated rings. The van der Waals surface area contributed by atoms with Crippen molar-refractivity contribution in [2.45, 2.75) is 31.7 Å². The second-order valence-electron chi connectivity index (χ2n) is 7.17. The van der Waals surface area contributed by atoms with Crippen LogP contribution < -0.4 is 15.4 Å². The summed E-state index contributed by atoms with van der Waals surface area (Å²) >= 11 is 0. The predicted octanol–water partition coefficient (Wildman–Crippen LogP) is 4.14. The van der Waals surface area contributed by atoms with Crippen LogP contribution in [0.4, 0.5) is 19.3 Å². The third-order valence-electron chi connectivity index (χ3n) is 5.24. The number of ether oxygens (including phenoxy) is 1. The summed E-state index contributed by atoms with van der Waals surface area (Å²) in [5.41, 5.74) is -0.602. The Morgan fingerprint density at radius 3 is 2.73 bits per heavy atom. The van der Waals surface area contributed by atoms with Gasteiger partial charge < -0.3 is 20.4 Å². The van der Waals surface area contributed by atoms with Gasteiger partial charge in [0.15, 0.2) is 5.82 Å². The highest BCUT2D eigenvalue weighted by Crippen LogP contribution is 2.28. The van der Waals surface area contributed by atoms with Gasteiger partial charge in [-0.25, -0.2) is 18.6 Å². The molecule has 30 heavy (non-hydrogen) atoms. The highest BCUT2D eigenvalue weighted by Gasteiger charge is 2.25. The Morgan fingerprint density at radius 2 is 2.00 bits per heavy atom. The number of carbonyl (C=O) groups is 2. The number of nitrogens with zero attached hydrogens (tertiary/aromatic N) is 1. The van der Waals surface area contributed by atoms with Crippen LogP contribution in [0.3, 0.4) is 0 Å². The summed E-state index contributed by atoms with van der Waals surface area (Å²) in [6.45, 7) is 0. The van der Waals surface area contributed by atoms with E-state index in [0.29, 0.717) is 16.8 Å². The third-order valence-corrected chi connectivity index (χ3v) is 5.24. The second kappa shape index (κ2) is 8.10. The number of hydrogen-bond acceptors (Lipinski definition) is 4. The van der Waals surface area contributed by atoms with Gasteiger partial charge in [0, 0.05) is 23.2 Å². The molecular formula is C21H20F2N4O3. The highest BCUT2D eigenvalue weighted by atomic mass is 19.1. The van der Waals surface area contributed by atoms with Gasteiger partial charge >= 0.3 is 6.03 Å². The first-order chi connectivity index (χ1) is 14.5. The van der Waals surface area contributed by atoms with Crippen molar-refractivity contribution in [2.75, 3.05) is 12.4 Å². The fourth-order valence-corrected chi connectivity index (χ4v) is 3.69. The van der Waals surface area contributed by atoms with E-state index in [9.17, 15) is 14.0 Å². The number of nitrogens with one attached hydrogen (secondary N) is 3. The number of aromatic amines is 1. The molecule has 3 aromatic rings. The fourth-order valence-electron chi connectivity index (χ4n) is 3.69. The molecule has 1 aromatic carbocycles. The van der Waals surface area contributed by atoms with Crippen molar-refractivity contribution < 1.29 is 23.1 Å². The lowest BCUT2D eigenvalue weighted by atomic mass is 10.0. The van der Waals surface area contributed by atoms with Crippen LogP contribution in [0.5, 0.6) is 5.75 Å². The minimum atomic E-state index is -1.13. The fraction of sp³-hybridized carbons (Fsp3) is 0.286. The lowest BCUT2D eigenvalue weighted by molar-refractivity contribution is 0.103. The van der Waals surface area contributed by atoms with E-state index in [4.69, 9.17) is 4.74 Å². The van der Waals surface area contributed by atoms with E-state index in [1.807, 2.05) is 0 Å². The van der Waals surface area contributed by atoms with Crippen LogP contribution in [0.1, 0.15) is 41.6 Å². The second-order valence-corrected chi connectivity index (χ2v) is 7.17. The van der Waals surface area contributed by atoms with Crippen LogP contribution in [-0.4, -0.2) is 34.9 Å². The summed E-state index contributed by atoms with van der Waals surface area (Å²) in [6.07, 6.45) is 6.58. The maximum Gasteiger partial charge on any atom is 0.319 e. The first-order valence-electron chi connectivity index (χ1n) is 9.59. The monoisotopic (exact) mass is 414 g/mol. The van der Waals surface area contributed by atoms with Gasteiger partial charge in [-0.1, -0.05) is 12.8 Å². The molecule has 0 unspecified atom stereocenters. The lowest BCUT2D eigenvalue weighted by Gasteiger charge is -2.14. The summed E-state index contributed by atoms with van der Waals surface area (Å²) in [5, 5.41) is 5.51. The van der Waals surface area contributed by atoms with Crippen molar-refractivity contribution in [3.8, 4) is 5.75 Å². The molecule has 1 aliphatic rings. The number of carbonyl (C=O) groups excluding carboxylic acids is 2. The normalized spacial score (nSPS) is 14.1. The number of methoxy groups -OCH3 is 1. The number of pyridine rings is 1. The molecule has 1 aliphatic carbocycles. The summed E-state index contributed by atoms with van der Waals surface area (Å²) < 4.78 is 34.6. The van der Waals surface area contributed by atoms with Gasteiger partial charge in [-0.05, 0) is 31.0 Å². The maximum atomic E-state index is 15.0. The van der Waals surface area contributed by atoms with Crippen LogP contribution in [0.15, 0.2) is 30.6 Å². The van der Waals surface area contributed by atoms with Crippen molar-refractivity contribution in [3.63, 3.8) is 0 Å². The molecule has 1 saturated carbocycles. The van der Waals surface area contributed by atoms with Crippen LogP contribution >= 0.6 is 0 Å². The minimum absolute atomic E-state index is 0.0308. The summed E-state index contributed by atoms with van der Waals surface area (Å²) in [6, 6.07) is 3.04. The molecule has 7 nitrogen and oxygen atoms in total. The number of urea groups is 1. The molecule has 9 heteroatoms. The van der Waals surface area contributed by atoms with Gasteiger partial charge in [-0.3, -0.25) is 4.79 Å².